The molecule has 1 aromatic rings. The molecule has 0 aromatic heterocycles. The van der Waals surface area contributed by atoms with Crippen molar-refractivity contribution in [2.45, 2.75) is 78.2 Å². The van der Waals surface area contributed by atoms with Gasteiger partial charge in [-0.1, -0.05) is 46.8 Å². The van der Waals surface area contributed by atoms with Crippen LogP contribution in [-0.4, -0.2) is 43.9 Å². The number of hydrogen-bond donors (Lipinski definition) is 3. The summed E-state index contributed by atoms with van der Waals surface area (Å²) in [5, 5.41) is 9.92. The van der Waals surface area contributed by atoms with E-state index in [-0.39, 0.29) is 11.9 Å². The number of thioether (sulfide) groups is 1. The van der Waals surface area contributed by atoms with Gasteiger partial charge in [0.1, 0.15) is 12.4 Å². The Balaban J connectivity index is 0.000000845. The molecule has 6 nitrogen and oxygen atoms in total. The first kappa shape index (κ1) is 29.2. The molecule has 3 aliphatic heterocycles. The van der Waals surface area contributed by atoms with Gasteiger partial charge in [-0.25, -0.2) is 0 Å². The Bertz CT molecular complexity index is 1100. The number of rotatable bonds is 8. The number of carbonyl (C=O) groups excluding carboxylic acids is 1. The third kappa shape index (κ3) is 7.44. The fourth-order valence-corrected chi connectivity index (χ4v) is 5.63. The molecule has 0 radical (unpaired) electrons. The normalized spacial score (nSPS) is 21.4. The Labute approximate surface area is 239 Å². The third-order valence-electron chi connectivity index (χ3n) is 7.22. The van der Waals surface area contributed by atoms with Crippen molar-refractivity contribution in [3.63, 3.8) is 0 Å². The van der Waals surface area contributed by atoms with Crippen molar-refractivity contribution in [2.24, 2.45) is 0 Å². The summed E-state index contributed by atoms with van der Waals surface area (Å²) >= 11 is 1.80. The summed E-state index contributed by atoms with van der Waals surface area (Å²) in [6.07, 6.45) is 13.4. The quantitative estimate of drug-likeness (QED) is 0.355. The molecule has 2 saturated carbocycles. The van der Waals surface area contributed by atoms with Crippen LogP contribution in [0.5, 0.6) is 0 Å². The highest BCUT2D eigenvalue weighted by Crippen LogP contribution is 2.47. The first-order valence-electron chi connectivity index (χ1n) is 15.0. The minimum Gasteiger partial charge on any atom is -0.488 e. The molecule has 2 fully saturated rings. The SMILES string of the molecule is CC.CC.CCSC1=CNC(CNC(=O)C2=CC3=C(NC2)N(c2cc(C4CC4)cc(C4CC4)c2)CCO3)C=C1. The second kappa shape index (κ2) is 14.0. The van der Waals surface area contributed by atoms with E-state index in [1.54, 1.807) is 11.8 Å². The predicted molar refractivity (Wildman–Crippen MR) is 165 cm³/mol. The van der Waals surface area contributed by atoms with Gasteiger partial charge in [-0.05, 0) is 78.7 Å². The van der Waals surface area contributed by atoms with E-state index < -0.39 is 0 Å². The summed E-state index contributed by atoms with van der Waals surface area (Å²) in [7, 11) is 0. The van der Waals surface area contributed by atoms with Crippen LogP contribution in [0.2, 0.25) is 0 Å². The minimum absolute atomic E-state index is 0.0515. The Hall–Kier alpha value is -2.80. The highest BCUT2D eigenvalue weighted by Gasteiger charge is 2.32. The van der Waals surface area contributed by atoms with E-state index in [1.165, 1.54) is 47.4 Å². The van der Waals surface area contributed by atoms with E-state index in [9.17, 15) is 4.79 Å². The van der Waals surface area contributed by atoms with Gasteiger partial charge < -0.3 is 25.6 Å². The molecule has 1 amide bonds. The summed E-state index contributed by atoms with van der Waals surface area (Å²) in [6, 6.07) is 7.29. The van der Waals surface area contributed by atoms with Gasteiger partial charge in [0.2, 0.25) is 5.91 Å². The molecule has 0 spiro atoms. The standard InChI is InChI=1S/C28H34N4O2S.2C2H6/c1-2-35-25-8-7-23(29-17-25)16-31-28(33)22-14-26-27(30-15-22)32(9-10-34-26)24-12-20(18-3-4-18)11-21(13-24)19-5-6-19;2*1-2/h7-8,11-14,17-19,23,29-30H,2-6,9-10,15-16H2,1H3,(H,31,33);2*1-2H3. The lowest BCUT2D eigenvalue weighted by Gasteiger charge is -2.36. The number of allylic oxidation sites excluding steroid dienone is 2. The lowest BCUT2D eigenvalue weighted by molar-refractivity contribution is -0.117. The summed E-state index contributed by atoms with van der Waals surface area (Å²) in [6.45, 7) is 12.6. The maximum atomic E-state index is 12.9. The molecule has 7 heteroatoms. The Morgan fingerprint density at radius 1 is 1.08 bits per heavy atom. The molecule has 1 aromatic carbocycles. The van der Waals surface area contributed by atoms with Crippen LogP contribution < -0.4 is 20.9 Å². The molecule has 1 unspecified atom stereocenters. The van der Waals surface area contributed by atoms with E-state index in [0.29, 0.717) is 25.3 Å². The summed E-state index contributed by atoms with van der Waals surface area (Å²) in [5.74, 6) is 4.20. The number of nitrogens with zero attached hydrogens (tertiary/aromatic N) is 1. The van der Waals surface area contributed by atoms with Gasteiger partial charge in [-0.3, -0.25) is 4.79 Å². The smallest absolute Gasteiger partial charge is 0.249 e. The van der Waals surface area contributed by atoms with Crippen LogP contribution in [0.1, 0.15) is 83.3 Å². The van der Waals surface area contributed by atoms with Crippen molar-refractivity contribution in [3.05, 3.63) is 75.8 Å². The van der Waals surface area contributed by atoms with Crippen LogP contribution in [0.4, 0.5) is 5.69 Å². The molecule has 0 saturated heterocycles. The van der Waals surface area contributed by atoms with Crippen LogP contribution in [0.25, 0.3) is 0 Å². The molecule has 39 heavy (non-hydrogen) atoms. The zero-order valence-electron chi connectivity index (χ0n) is 24.3. The molecule has 3 heterocycles. The van der Waals surface area contributed by atoms with Gasteiger partial charge >= 0.3 is 0 Å². The Kier molecular flexibility index (Phi) is 10.5. The number of nitrogens with one attached hydrogen (secondary N) is 3. The second-order valence-electron chi connectivity index (χ2n) is 9.96. The largest absolute Gasteiger partial charge is 0.488 e. The highest BCUT2D eigenvalue weighted by molar-refractivity contribution is 8.03. The molecule has 2 aliphatic carbocycles. The Morgan fingerprint density at radius 3 is 2.36 bits per heavy atom. The number of carbonyl (C=O) groups is 1. The second-order valence-corrected chi connectivity index (χ2v) is 11.3. The van der Waals surface area contributed by atoms with Crippen molar-refractivity contribution in [1.82, 2.24) is 16.0 Å². The van der Waals surface area contributed by atoms with Crippen LogP contribution >= 0.6 is 11.8 Å². The van der Waals surface area contributed by atoms with Crippen LogP contribution in [0.15, 0.2) is 64.7 Å². The number of dihydropyridines is 2. The van der Waals surface area contributed by atoms with E-state index in [2.05, 4.69) is 58.1 Å². The molecule has 212 valence electrons. The molecular formula is C32H46N4O2S. The maximum Gasteiger partial charge on any atom is 0.249 e. The van der Waals surface area contributed by atoms with Crippen LogP contribution in [-0.2, 0) is 9.53 Å². The fraction of sp³-hybridized carbons (Fsp3) is 0.531. The number of amides is 1. The minimum atomic E-state index is -0.0515. The molecule has 1 atom stereocenters. The lowest BCUT2D eigenvalue weighted by atomic mass is 10.0. The summed E-state index contributed by atoms with van der Waals surface area (Å²) < 4.78 is 6.01. The van der Waals surface area contributed by atoms with Gasteiger partial charge in [0.15, 0.2) is 5.76 Å². The van der Waals surface area contributed by atoms with Crippen molar-refractivity contribution in [2.75, 3.05) is 36.9 Å². The summed E-state index contributed by atoms with van der Waals surface area (Å²) in [5.41, 5.74) is 4.94. The zero-order chi connectivity index (χ0) is 27.8. The number of ether oxygens (including phenoxy) is 1. The Morgan fingerprint density at radius 2 is 1.77 bits per heavy atom. The number of hydrogen-bond acceptors (Lipinski definition) is 6. The number of anilines is 1. The molecule has 5 aliphatic rings. The van der Waals surface area contributed by atoms with E-state index >= 15 is 0 Å². The first-order chi connectivity index (χ1) is 19.2. The van der Waals surface area contributed by atoms with Crippen molar-refractivity contribution in [3.8, 4) is 0 Å². The van der Waals surface area contributed by atoms with Gasteiger partial charge in [-0.15, -0.1) is 11.8 Å². The third-order valence-corrected chi connectivity index (χ3v) is 8.09. The molecule has 3 N–H and O–H groups in total. The number of benzene rings is 1. The van der Waals surface area contributed by atoms with Gasteiger partial charge in [-0.2, -0.15) is 0 Å². The highest BCUT2D eigenvalue weighted by atomic mass is 32.2. The molecule has 0 bridgehead atoms. The fourth-order valence-electron chi connectivity index (χ4n) is 4.97. The van der Waals surface area contributed by atoms with Crippen LogP contribution in [0, 0.1) is 0 Å². The van der Waals surface area contributed by atoms with E-state index in [1.807, 2.05) is 40.0 Å². The zero-order valence-corrected chi connectivity index (χ0v) is 25.1. The lowest BCUT2D eigenvalue weighted by Crippen LogP contribution is -2.44. The topological polar surface area (TPSA) is 65.6 Å². The van der Waals surface area contributed by atoms with Gasteiger partial charge in [0, 0.05) is 35.5 Å². The van der Waals surface area contributed by atoms with Crippen molar-refractivity contribution < 1.29 is 9.53 Å². The van der Waals surface area contributed by atoms with Crippen molar-refractivity contribution in [1.29, 1.82) is 0 Å². The van der Waals surface area contributed by atoms with Crippen LogP contribution in [0.3, 0.4) is 0 Å². The van der Waals surface area contributed by atoms with Crippen molar-refractivity contribution >= 4 is 23.4 Å². The van der Waals surface area contributed by atoms with Gasteiger partial charge in [0.05, 0.1) is 12.6 Å². The maximum absolute atomic E-state index is 12.9. The summed E-state index contributed by atoms with van der Waals surface area (Å²) in [4.78, 5) is 16.5. The van der Waals surface area contributed by atoms with E-state index in [0.717, 1.165) is 35.7 Å². The predicted octanol–water partition coefficient (Wildman–Crippen LogP) is 6.27. The van der Waals surface area contributed by atoms with E-state index in [4.69, 9.17) is 4.74 Å². The molecular weight excluding hydrogens is 504 g/mol. The average molecular weight is 551 g/mol. The average Bonchev–Trinajstić information content (AvgIpc) is 3.92. The van der Waals surface area contributed by atoms with Gasteiger partial charge in [0.25, 0.3) is 0 Å². The monoisotopic (exact) mass is 550 g/mol. The molecule has 6 rings (SSSR count). The first-order valence-corrected chi connectivity index (χ1v) is 16.0.